The first-order chi connectivity index (χ1) is 20.9. The van der Waals surface area contributed by atoms with Crippen LogP contribution in [0.15, 0.2) is 63.3 Å². The highest BCUT2D eigenvalue weighted by molar-refractivity contribution is 7.27. The van der Waals surface area contributed by atoms with Crippen molar-refractivity contribution in [1.82, 2.24) is 0 Å². The number of nitriles is 1. The van der Waals surface area contributed by atoms with Crippen LogP contribution in [0.1, 0.15) is 56.5 Å². The Bertz CT molecular complexity index is 2110. The highest BCUT2D eigenvalue weighted by Crippen LogP contribution is 2.52. The van der Waals surface area contributed by atoms with Crippen LogP contribution in [-0.2, 0) is 15.6 Å². The monoisotopic (exact) mass is 638 g/mol. The molecule has 0 saturated carbocycles. The molecule has 0 radical (unpaired) electrons. The Morgan fingerprint density at radius 1 is 0.909 bits per heavy atom. The van der Waals surface area contributed by atoms with Gasteiger partial charge in [0.05, 0.1) is 5.56 Å². The molecular formula is C35H30N2O4S3. The molecule has 1 aromatic carbocycles. The number of nitrogens with zero attached hydrogens (tertiary/aromatic N) is 2. The molecule has 2 aliphatic heterocycles. The Kier molecular flexibility index (Phi) is 6.74. The number of fused-ring (bicyclic) bond motifs is 2. The summed E-state index contributed by atoms with van der Waals surface area (Å²) in [5.41, 5.74) is 4.44. The van der Waals surface area contributed by atoms with E-state index in [1.165, 1.54) is 34.2 Å². The van der Waals surface area contributed by atoms with E-state index >= 15 is 0 Å². The molecule has 0 atom stereocenters. The number of aliphatic carboxylic acids is 1. The van der Waals surface area contributed by atoms with Gasteiger partial charge >= 0.3 is 11.6 Å². The predicted molar refractivity (Wildman–Crippen MR) is 181 cm³/mol. The number of hydrogen-bond donors (Lipinski definition) is 1. The molecule has 1 N–H and O–H groups in total. The standard InChI is InChI=1S/C35H30N2O4S3/c1-34(2)11-13-37-14-12-35(3,4)29-30(37)23(34)17-19-16-22(33(40)41-31(19)29)24-7-8-27(43-24)28-10-9-26(44-28)25-6-5-21(42-25)15-20(18-36)32(38)39/h5-10,15-17H,11-14H2,1-4H3,(H,38,39)/b20-15-. The van der Waals surface area contributed by atoms with Gasteiger partial charge in [-0.1, -0.05) is 27.7 Å². The van der Waals surface area contributed by atoms with E-state index in [9.17, 15) is 9.59 Å². The molecule has 6 nitrogen and oxygen atoms in total. The van der Waals surface area contributed by atoms with Crippen molar-refractivity contribution < 1.29 is 14.3 Å². The summed E-state index contributed by atoms with van der Waals surface area (Å²) in [7, 11) is 0. The summed E-state index contributed by atoms with van der Waals surface area (Å²) in [6.07, 6.45) is 3.52. The number of carboxylic acid groups (broad SMARTS) is 1. The number of anilines is 1. The maximum Gasteiger partial charge on any atom is 0.346 e. The fraction of sp³-hybridized carbons (Fsp3) is 0.286. The zero-order chi connectivity index (χ0) is 31.0. The maximum atomic E-state index is 13.6. The summed E-state index contributed by atoms with van der Waals surface area (Å²) in [6.45, 7) is 11.2. The fourth-order valence-electron chi connectivity index (χ4n) is 6.39. The molecule has 0 amide bonds. The van der Waals surface area contributed by atoms with Gasteiger partial charge < -0.3 is 14.4 Å². The third-order valence-electron chi connectivity index (χ3n) is 8.96. The van der Waals surface area contributed by atoms with Crippen LogP contribution < -0.4 is 10.5 Å². The van der Waals surface area contributed by atoms with Gasteiger partial charge in [0.1, 0.15) is 17.2 Å². The van der Waals surface area contributed by atoms with Gasteiger partial charge in [-0.15, -0.1) is 34.0 Å². The first-order valence-corrected chi connectivity index (χ1v) is 17.0. The fourth-order valence-corrected chi connectivity index (χ4v) is 9.54. The molecule has 7 rings (SSSR count). The molecule has 44 heavy (non-hydrogen) atoms. The largest absolute Gasteiger partial charge is 0.477 e. The lowest BCUT2D eigenvalue weighted by Crippen LogP contribution is -2.44. The minimum absolute atomic E-state index is 0.0410. The first kappa shape index (κ1) is 28.8. The zero-order valence-corrected chi connectivity index (χ0v) is 27.3. The van der Waals surface area contributed by atoms with E-state index in [1.54, 1.807) is 28.7 Å². The topological polar surface area (TPSA) is 94.5 Å². The highest BCUT2D eigenvalue weighted by Gasteiger charge is 2.42. The van der Waals surface area contributed by atoms with Gasteiger partial charge in [0.2, 0.25) is 0 Å². The Labute approximate surface area is 267 Å². The second kappa shape index (κ2) is 10.3. The third kappa shape index (κ3) is 4.73. The summed E-state index contributed by atoms with van der Waals surface area (Å²) in [4.78, 5) is 33.0. The Hall–Kier alpha value is -3.97. The Balaban J connectivity index is 1.25. The van der Waals surface area contributed by atoms with E-state index in [4.69, 9.17) is 14.8 Å². The molecular weight excluding hydrogens is 609 g/mol. The van der Waals surface area contributed by atoms with Crippen molar-refractivity contribution in [3.8, 4) is 36.0 Å². The molecule has 222 valence electrons. The Morgan fingerprint density at radius 3 is 2.16 bits per heavy atom. The second-order valence-corrected chi connectivity index (χ2v) is 16.1. The average Bonchev–Trinajstić information content (AvgIpc) is 3.75. The molecule has 9 heteroatoms. The van der Waals surface area contributed by atoms with Gasteiger partial charge in [-0.05, 0) is 83.8 Å². The lowest BCUT2D eigenvalue weighted by molar-refractivity contribution is -0.132. The molecule has 0 spiro atoms. The van der Waals surface area contributed by atoms with Crippen LogP contribution in [0, 0.1) is 11.3 Å². The molecule has 5 aromatic rings. The third-order valence-corrected chi connectivity index (χ3v) is 12.6. The Morgan fingerprint density at radius 2 is 1.50 bits per heavy atom. The van der Waals surface area contributed by atoms with Crippen LogP contribution in [0.2, 0.25) is 0 Å². The lowest BCUT2D eigenvalue weighted by Gasteiger charge is -2.48. The van der Waals surface area contributed by atoms with Crippen LogP contribution in [0.4, 0.5) is 5.69 Å². The first-order valence-electron chi connectivity index (χ1n) is 14.5. The van der Waals surface area contributed by atoms with E-state index in [0.717, 1.165) is 61.3 Å². The van der Waals surface area contributed by atoms with Crippen molar-refractivity contribution in [1.29, 1.82) is 5.26 Å². The van der Waals surface area contributed by atoms with Crippen molar-refractivity contribution in [2.45, 2.75) is 51.4 Å². The van der Waals surface area contributed by atoms with Crippen molar-refractivity contribution in [2.24, 2.45) is 0 Å². The second-order valence-electron chi connectivity index (χ2n) is 12.8. The number of hydrogen-bond acceptors (Lipinski definition) is 8. The highest BCUT2D eigenvalue weighted by atomic mass is 32.1. The van der Waals surface area contributed by atoms with Crippen molar-refractivity contribution in [2.75, 3.05) is 18.0 Å². The van der Waals surface area contributed by atoms with Crippen molar-refractivity contribution in [3.63, 3.8) is 0 Å². The molecule has 6 heterocycles. The minimum atomic E-state index is -1.23. The number of carboxylic acids is 1. The lowest BCUT2D eigenvalue weighted by atomic mass is 9.69. The molecule has 2 aliphatic rings. The van der Waals surface area contributed by atoms with E-state index < -0.39 is 5.97 Å². The summed E-state index contributed by atoms with van der Waals surface area (Å²) in [6, 6.07) is 17.9. The number of rotatable bonds is 5. The summed E-state index contributed by atoms with van der Waals surface area (Å²) >= 11 is 4.66. The molecule has 0 fully saturated rings. The SMILES string of the molecule is CC1(C)CCN2CCC(C)(C)c3c2c1cc1cc(-c2ccc(-c4ccc(-c5ccc(/C=C(/C#N)C(=O)O)s5)s4)s2)c(=O)oc31. The van der Waals surface area contributed by atoms with Gasteiger partial charge in [0.25, 0.3) is 0 Å². The predicted octanol–water partition coefficient (Wildman–Crippen LogP) is 9.14. The maximum absolute atomic E-state index is 13.6. The molecule has 0 unspecified atom stereocenters. The van der Waals surface area contributed by atoms with Gasteiger partial charge in [0.15, 0.2) is 0 Å². The summed E-state index contributed by atoms with van der Waals surface area (Å²) in [5, 5.41) is 19.2. The van der Waals surface area contributed by atoms with E-state index in [2.05, 4.69) is 50.8 Å². The zero-order valence-electron chi connectivity index (χ0n) is 24.8. The minimum Gasteiger partial charge on any atom is -0.477 e. The van der Waals surface area contributed by atoms with Crippen LogP contribution in [0.25, 0.3) is 47.0 Å². The van der Waals surface area contributed by atoms with Gasteiger partial charge in [-0.3, -0.25) is 0 Å². The van der Waals surface area contributed by atoms with Crippen molar-refractivity contribution >= 4 is 62.7 Å². The molecule has 0 bridgehead atoms. The number of benzene rings is 1. The van der Waals surface area contributed by atoms with Gasteiger partial charge in [-0.25, -0.2) is 9.59 Å². The smallest absolute Gasteiger partial charge is 0.346 e. The number of thiophene rings is 3. The molecule has 4 aromatic heterocycles. The normalized spacial score (nSPS) is 17.0. The van der Waals surface area contributed by atoms with Crippen LogP contribution in [0.3, 0.4) is 0 Å². The van der Waals surface area contributed by atoms with Crippen LogP contribution in [0.5, 0.6) is 0 Å². The quantitative estimate of drug-likeness (QED) is 0.117. The summed E-state index contributed by atoms with van der Waals surface area (Å²) < 4.78 is 6.22. The number of carbonyl (C=O) groups is 1. The van der Waals surface area contributed by atoms with Crippen molar-refractivity contribution in [3.05, 3.63) is 80.5 Å². The molecule has 0 saturated heterocycles. The van der Waals surface area contributed by atoms with E-state index in [0.29, 0.717) is 10.4 Å². The average molecular weight is 639 g/mol. The van der Waals surface area contributed by atoms with Gasteiger partial charge in [-0.2, -0.15) is 5.26 Å². The van der Waals surface area contributed by atoms with Crippen LogP contribution >= 0.6 is 34.0 Å². The summed E-state index contributed by atoms with van der Waals surface area (Å²) in [5.74, 6) is -1.23. The molecule has 0 aliphatic carbocycles. The van der Waals surface area contributed by atoms with Crippen LogP contribution in [-0.4, -0.2) is 24.2 Å². The van der Waals surface area contributed by atoms with E-state index in [-0.39, 0.29) is 22.0 Å². The van der Waals surface area contributed by atoms with Gasteiger partial charge in [0, 0.05) is 59.0 Å². The van der Waals surface area contributed by atoms with E-state index in [1.807, 2.05) is 30.3 Å².